The molecule has 5 fully saturated rings. The Balaban J connectivity index is 1.28. The molecule has 4 aliphatic carbocycles. The van der Waals surface area contributed by atoms with Gasteiger partial charge in [-0.05, 0) is 104 Å². The minimum absolute atomic E-state index is 0.0288. The first-order chi connectivity index (χ1) is 25.1. The molecule has 0 aromatic heterocycles. The number of ketones is 1. The van der Waals surface area contributed by atoms with Crippen molar-refractivity contribution < 1.29 is 69.7 Å². The molecule has 3 saturated carbocycles. The van der Waals surface area contributed by atoms with E-state index in [4.69, 9.17) is 18.9 Å². The minimum Gasteiger partial charge on any atom is -0.396 e. The van der Waals surface area contributed by atoms with Gasteiger partial charge in [-0.3, -0.25) is 4.79 Å². The van der Waals surface area contributed by atoms with Crippen molar-refractivity contribution in [2.75, 3.05) is 19.8 Å². The van der Waals surface area contributed by atoms with E-state index in [0.29, 0.717) is 37.5 Å². The van der Waals surface area contributed by atoms with Crippen molar-refractivity contribution >= 4 is 5.78 Å². The lowest BCUT2D eigenvalue weighted by molar-refractivity contribution is -0.365. The quantitative estimate of drug-likeness (QED) is 0.129. The molecule has 6 aliphatic rings. The first kappa shape index (κ1) is 41.5. The number of hydrogen-bond donors (Lipinski definition) is 9. The second-order valence-corrected chi connectivity index (χ2v) is 17.7. The van der Waals surface area contributed by atoms with E-state index >= 15 is 0 Å². The van der Waals surface area contributed by atoms with Crippen molar-refractivity contribution in [2.24, 2.45) is 46.3 Å². The summed E-state index contributed by atoms with van der Waals surface area (Å²) in [4.78, 5) is 12.4. The van der Waals surface area contributed by atoms with E-state index in [2.05, 4.69) is 13.8 Å². The molecule has 0 aromatic carbocycles. The fourth-order valence-electron chi connectivity index (χ4n) is 11.5. The Morgan fingerprint density at radius 1 is 0.811 bits per heavy atom. The van der Waals surface area contributed by atoms with Gasteiger partial charge in [0.05, 0.1) is 25.4 Å². The van der Waals surface area contributed by atoms with E-state index in [1.807, 2.05) is 19.9 Å². The summed E-state index contributed by atoms with van der Waals surface area (Å²) in [6, 6.07) is 0. The number of ether oxygens (including phenoxy) is 4. The van der Waals surface area contributed by atoms with Crippen LogP contribution in [0.4, 0.5) is 0 Å². The number of allylic oxidation sites excluding steroid dienone is 1. The van der Waals surface area contributed by atoms with Crippen molar-refractivity contribution in [3.05, 3.63) is 11.6 Å². The van der Waals surface area contributed by atoms with Gasteiger partial charge in [0.15, 0.2) is 18.4 Å². The Hall–Kier alpha value is -1.11. The SMILES string of the molecule is C[C@H](CO)CC[C@H](O)[C@@H](C)[C@H]1[C@@H](O[C@@H]2O[C@H](CO)[C@H](O)[C@H](O[C@@H]3O[C@H](CO)[C@@H](O)[C@H](O)[C@H]3O)[C@H]2O)C[C@H]2[C@@H]3CCC4=CC(=O)CC[C@]4(C)[C@H]3CC[C@]12C. The van der Waals surface area contributed by atoms with Crippen LogP contribution in [0.1, 0.15) is 85.5 Å². The number of carbonyl (C=O) groups excluding carboxylic acids is 1. The van der Waals surface area contributed by atoms with E-state index in [1.165, 1.54) is 5.57 Å². The third-order valence-electron chi connectivity index (χ3n) is 14.8. The topological polar surface area (TPSA) is 236 Å². The van der Waals surface area contributed by atoms with E-state index in [9.17, 15) is 50.8 Å². The number of fused-ring (bicyclic) bond motifs is 5. The summed E-state index contributed by atoms with van der Waals surface area (Å²) in [5.74, 6) is 0.777. The molecule has 2 saturated heterocycles. The lowest BCUT2D eigenvalue weighted by atomic mass is 9.46. The molecule has 0 spiro atoms. The van der Waals surface area contributed by atoms with Gasteiger partial charge in [0.2, 0.25) is 0 Å². The summed E-state index contributed by atoms with van der Waals surface area (Å²) in [7, 11) is 0. The van der Waals surface area contributed by atoms with E-state index in [0.717, 1.165) is 32.1 Å². The molecule has 20 atom stereocenters. The molecule has 53 heavy (non-hydrogen) atoms. The summed E-state index contributed by atoms with van der Waals surface area (Å²) in [5, 5.41) is 95.3. The zero-order chi connectivity index (χ0) is 38.6. The molecule has 0 unspecified atom stereocenters. The standard InChI is InChI=1S/C39H64O14/c1-18(15-40)5-8-25(44)19(2)29-26(14-24-22-7-6-20-13-21(43)9-11-38(20,3)23(22)10-12-39(24,29)4)50-37-34(49)35(31(46)28(17-42)52-37)53-36-33(48)32(47)30(45)27(16-41)51-36/h13,18-19,22-37,40-42,44-49H,5-12,14-17H2,1-4H3/t18-,19+,22+,23-,24-,25-,26-,27+,28+,29-,30+,31-,32-,33+,34+,35-,36-,37+,38-,39-/m0/s1. The van der Waals surface area contributed by atoms with Crippen LogP contribution in [-0.4, -0.2) is 145 Å². The normalized spacial score (nSPS) is 49.0. The minimum atomic E-state index is -1.79. The fourth-order valence-corrected chi connectivity index (χ4v) is 11.5. The van der Waals surface area contributed by atoms with Crippen molar-refractivity contribution in [1.29, 1.82) is 0 Å². The Kier molecular flexibility index (Phi) is 12.8. The highest BCUT2D eigenvalue weighted by Gasteiger charge is 2.64. The summed E-state index contributed by atoms with van der Waals surface area (Å²) in [6.07, 6.45) is -8.06. The third kappa shape index (κ3) is 7.55. The van der Waals surface area contributed by atoms with Gasteiger partial charge < -0.3 is 64.9 Å². The van der Waals surface area contributed by atoms with Crippen LogP contribution in [0.15, 0.2) is 11.6 Å². The van der Waals surface area contributed by atoms with Crippen LogP contribution < -0.4 is 0 Å². The Morgan fingerprint density at radius 3 is 2.13 bits per heavy atom. The molecule has 0 bridgehead atoms. The first-order valence-corrected chi connectivity index (χ1v) is 19.9. The van der Waals surface area contributed by atoms with Gasteiger partial charge in [0, 0.05) is 13.0 Å². The molecule has 14 heteroatoms. The van der Waals surface area contributed by atoms with E-state index in [-0.39, 0.29) is 46.9 Å². The molecule has 304 valence electrons. The predicted molar refractivity (Wildman–Crippen MR) is 188 cm³/mol. The van der Waals surface area contributed by atoms with Crippen LogP contribution in [0.25, 0.3) is 0 Å². The molecule has 0 aromatic rings. The largest absolute Gasteiger partial charge is 0.396 e. The summed E-state index contributed by atoms with van der Waals surface area (Å²) < 4.78 is 24.1. The van der Waals surface area contributed by atoms with Gasteiger partial charge in [-0.1, -0.05) is 33.3 Å². The highest BCUT2D eigenvalue weighted by molar-refractivity contribution is 5.91. The van der Waals surface area contributed by atoms with E-state index < -0.39 is 86.8 Å². The summed E-state index contributed by atoms with van der Waals surface area (Å²) in [6.45, 7) is 7.27. The van der Waals surface area contributed by atoms with Crippen molar-refractivity contribution in [3.63, 3.8) is 0 Å². The molecule has 14 nitrogen and oxygen atoms in total. The van der Waals surface area contributed by atoms with Gasteiger partial charge in [0.1, 0.15) is 48.8 Å². The monoisotopic (exact) mass is 756 g/mol. The number of rotatable bonds is 12. The van der Waals surface area contributed by atoms with Crippen LogP contribution in [0.3, 0.4) is 0 Å². The van der Waals surface area contributed by atoms with Gasteiger partial charge in [0.25, 0.3) is 0 Å². The molecule has 0 radical (unpaired) electrons. The average Bonchev–Trinajstić information content (AvgIpc) is 3.44. The Bertz CT molecular complexity index is 1300. The maximum atomic E-state index is 12.4. The van der Waals surface area contributed by atoms with Gasteiger partial charge in [-0.2, -0.15) is 0 Å². The fraction of sp³-hybridized carbons (Fsp3) is 0.923. The number of hydrogen-bond acceptors (Lipinski definition) is 14. The van der Waals surface area contributed by atoms with Crippen LogP contribution in [0.5, 0.6) is 0 Å². The zero-order valence-electron chi connectivity index (χ0n) is 31.5. The van der Waals surface area contributed by atoms with Crippen LogP contribution >= 0.6 is 0 Å². The summed E-state index contributed by atoms with van der Waals surface area (Å²) in [5.41, 5.74) is 0.958. The molecular weight excluding hydrogens is 692 g/mol. The molecule has 0 amide bonds. The second kappa shape index (κ2) is 16.4. The van der Waals surface area contributed by atoms with E-state index in [1.54, 1.807) is 0 Å². The smallest absolute Gasteiger partial charge is 0.187 e. The number of aliphatic hydroxyl groups excluding tert-OH is 9. The Labute approximate surface area is 312 Å². The Morgan fingerprint density at radius 2 is 1.47 bits per heavy atom. The lowest BCUT2D eigenvalue weighted by Crippen LogP contribution is -2.65. The van der Waals surface area contributed by atoms with Gasteiger partial charge in [-0.15, -0.1) is 0 Å². The number of carbonyl (C=O) groups is 1. The molecule has 2 aliphatic heterocycles. The lowest BCUT2D eigenvalue weighted by Gasteiger charge is -2.58. The zero-order valence-corrected chi connectivity index (χ0v) is 31.5. The van der Waals surface area contributed by atoms with Crippen LogP contribution in [0.2, 0.25) is 0 Å². The highest BCUT2D eigenvalue weighted by Crippen LogP contribution is 2.68. The highest BCUT2D eigenvalue weighted by atomic mass is 16.7. The maximum Gasteiger partial charge on any atom is 0.187 e. The average molecular weight is 757 g/mol. The molecular formula is C39H64O14. The van der Waals surface area contributed by atoms with Crippen molar-refractivity contribution in [3.8, 4) is 0 Å². The van der Waals surface area contributed by atoms with Gasteiger partial charge in [-0.25, -0.2) is 0 Å². The number of aliphatic hydroxyl groups is 9. The molecule has 6 rings (SSSR count). The van der Waals surface area contributed by atoms with Crippen LogP contribution in [0, 0.1) is 46.3 Å². The molecule has 2 heterocycles. The molecule has 9 N–H and O–H groups in total. The summed E-state index contributed by atoms with van der Waals surface area (Å²) >= 11 is 0. The van der Waals surface area contributed by atoms with Crippen LogP contribution in [-0.2, 0) is 23.7 Å². The second-order valence-electron chi connectivity index (χ2n) is 17.7. The maximum absolute atomic E-state index is 12.4. The van der Waals surface area contributed by atoms with Crippen molar-refractivity contribution in [1.82, 2.24) is 0 Å². The van der Waals surface area contributed by atoms with Crippen molar-refractivity contribution in [2.45, 2.75) is 159 Å². The first-order valence-electron chi connectivity index (χ1n) is 19.9. The third-order valence-corrected chi connectivity index (χ3v) is 14.8. The van der Waals surface area contributed by atoms with Gasteiger partial charge >= 0.3 is 0 Å². The predicted octanol–water partition coefficient (Wildman–Crippen LogP) is 0.159.